The van der Waals surface area contributed by atoms with Crippen LogP contribution in [0.1, 0.15) is 44.3 Å². The number of hydrogen-bond donors (Lipinski definition) is 1. The average Bonchev–Trinajstić information content (AvgIpc) is 2.65. The highest BCUT2D eigenvalue weighted by Gasteiger charge is 2.13. The fourth-order valence-electron chi connectivity index (χ4n) is 2.48. The molecule has 0 amide bonds. The van der Waals surface area contributed by atoms with Crippen molar-refractivity contribution in [2.45, 2.75) is 51.5 Å². The zero-order valence-corrected chi connectivity index (χ0v) is 11.7. The monoisotopic (exact) mass is 259 g/mol. The molecule has 0 atom stereocenters. The summed E-state index contributed by atoms with van der Waals surface area (Å²) >= 11 is 0. The number of nitriles is 1. The van der Waals surface area contributed by atoms with Crippen molar-refractivity contribution in [2.24, 2.45) is 0 Å². The molecule has 0 spiro atoms. The summed E-state index contributed by atoms with van der Waals surface area (Å²) in [5.41, 5.74) is 0. The minimum Gasteiger partial charge on any atom is -0.367 e. The van der Waals surface area contributed by atoms with Crippen LogP contribution in [0.4, 0.5) is 11.6 Å². The number of nitrogens with one attached hydrogen (secondary N) is 1. The van der Waals surface area contributed by atoms with Crippen LogP contribution in [0, 0.1) is 18.4 Å². The lowest BCUT2D eigenvalue weighted by Crippen LogP contribution is -2.20. The van der Waals surface area contributed by atoms with E-state index in [1.165, 1.54) is 43.4 Å². The van der Waals surface area contributed by atoms with Gasteiger partial charge in [0, 0.05) is 19.2 Å². The molecule has 0 bridgehead atoms. The van der Waals surface area contributed by atoms with Crippen molar-refractivity contribution in [3.05, 3.63) is 11.9 Å². The Morgan fingerprint density at radius 3 is 2.58 bits per heavy atom. The van der Waals surface area contributed by atoms with Gasteiger partial charge in [0.05, 0.1) is 0 Å². The predicted octanol–water partition coefficient (Wildman–Crippen LogP) is 2.84. The lowest BCUT2D eigenvalue weighted by molar-refractivity contribution is 0.617. The minimum atomic E-state index is 0.497. The molecular formula is C14H21N5. The summed E-state index contributed by atoms with van der Waals surface area (Å²) < 4.78 is 0. The van der Waals surface area contributed by atoms with Crippen LogP contribution < -0.4 is 10.2 Å². The summed E-state index contributed by atoms with van der Waals surface area (Å²) in [6.45, 7) is 1.85. The number of nitrogens with zero attached hydrogens (tertiary/aromatic N) is 4. The van der Waals surface area contributed by atoms with E-state index < -0.39 is 0 Å². The van der Waals surface area contributed by atoms with Gasteiger partial charge in [-0.05, 0) is 19.8 Å². The van der Waals surface area contributed by atoms with Crippen LogP contribution >= 0.6 is 0 Å². The van der Waals surface area contributed by atoms with Gasteiger partial charge in [-0.15, -0.1) is 0 Å². The smallest absolute Gasteiger partial charge is 0.185 e. The normalized spacial score (nSPS) is 16.5. The van der Waals surface area contributed by atoms with Gasteiger partial charge < -0.3 is 5.32 Å². The quantitative estimate of drug-likeness (QED) is 0.513. The van der Waals surface area contributed by atoms with E-state index in [1.807, 2.05) is 13.0 Å². The average molecular weight is 259 g/mol. The van der Waals surface area contributed by atoms with Gasteiger partial charge in [0.1, 0.15) is 17.5 Å². The summed E-state index contributed by atoms with van der Waals surface area (Å²) in [7, 11) is 1.71. The van der Waals surface area contributed by atoms with Crippen molar-refractivity contribution in [1.29, 1.82) is 5.26 Å². The van der Waals surface area contributed by atoms with E-state index in [0.29, 0.717) is 17.7 Å². The first-order chi connectivity index (χ1) is 9.19. The molecule has 0 aliphatic heterocycles. The summed E-state index contributed by atoms with van der Waals surface area (Å²) in [6.07, 6.45) is 9.71. The van der Waals surface area contributed by atoms with Crippen molar-refractivity contribution in [3.63, 3.8) is 0 Å². The Kier molecular flexibility index (Phi) is 4.56. The molecule has 5 heteroatoms. The molecule has 1 heterocycles. The van der Waals surface area contributed by atoms with Crippen LogP contribution in [0.2, 0.25) is 0 Å². The van der Waals surface area contributed by atoms with E-state index in [9.17, 15) is 0 Å². The second kappa shape index (κ2) is 6.37. The summed E-state index contributed by atoms with van der Waals surface area (Å²) in [5.74, 6) is 2.17. The highest BCUT2D eigenvalue weighted by atomic mass is 15.2. The topological polar surface area (TPSA) is 64.8 Å². The molecule has 2 rings (SSSR count). The maximum atomic E-state index is 8.92. The number of hydrogen-bond acceptors (Lipinski definition) is 5. The van der Waals surface area contributed by atoms with Gasteiger partial charge in [0.15, 0.2) is 6.19 Å². The fourth-order valence-corrected chi connectivity index (χ4v) is 2.48. The third kappa shape index (κ3) is 3.82. The Bertz CT molecular complexity index is 457. The molecule has 0 unspecified atom stereocenters. The van der Waals surface area contributed by atoms with Crippen LogP contribution in [0.25, 0.3) is 0 Å². The van der Waals surface area contributed by atoms with E-state index in [0.717, 1.165) is 5.82 Å². The second-order valence-electron chi connectivity index (χ2n) is 5.15. The van der Waals surface area contributed by atoms with Gasteiger partial charge in [-0.2, -0.15) is 5.26 Å². The van der Waals surface area contributed by atoms with E-state index in [-0.39, 0.29) is 0 Å². The molecule has 1 fully saturated rings. The first-order valence-electron chi connectivity index (χ1n) is 6.94. The van der Waals surface area contributed by atoms with Crippen molar-refractivity contribution in [2.75, 3.05) is 17.3 Å². The molecule has 1 aromatic heterocycles. The Hall–Kier alpha value is -1.83. The van der Waals surface area contributed by atoms with Gasteiger partial charge in [-0.25, -0.2) is 9.97 Å². The van der Waals surface area contributed by atoms with Crippen LogP contribution in [0.15, 0.2) is 6.07 Å². The molecule has 0 radical (unpaired) electrons. The SMILES string of the molecule is Cc1nc(NC2CCCCCC2)cc(N(C)C#N)n1. The number of rotatable bonds is 3. The summed E-state index contributed by atoms with van der Waals surface area (Å²) in [4.78, 5) is 10.1. The third-order valence-corrected chi connectivity index (χ3v) is 3.53. The molecule has 0 saturated heterocycles. The van der Waals surface area contributed by atoms with Crippen molar-refractivity contribution >= 4 is 11.6 Å². The zero-order chi connectivity index (χ0) is 13.7. The lowest BCUT2D eigenvalue weighted by Gasteiger charge is -2.18. The zero-order valence-electron chi connectivity index (χ0n) is 11.7. The summed E-state index contributed by atoms with van der Waals surface area (Å²) in [5, 5.41) is 12.4. The van der Waals surface area contributed by atoms with Crippen molar-refractivity contribution < 1.29 is 0 Å². The lowest BCUT2D eigenvalue weighted by atomic mass is 10.1. The molecule has 102 valence electrons. The number of anilines is 2. The molecule has 5 nitrogen and oxygen atoms in total. The van der Waals surface area contributed by atoms with Crippen LogP contribution in [0.3, 0.4) is 0 Å². The Labute approximate surface area is 114 Å². The van der Waals surface area contributed by atoms with Crippen LogP contribution in [-0.2, 0) is 0 Å². The molecular weight excluding hydrogens is 238 g/mol. The largest absolute Gasteiger partial charge is 0.367 e. The highest BCUT2D eigenvalue weighted by molar-refractivity contribution is 5.51. The maximum Gasteiger partial charge on any atom is 0.185 e. The van der Waals surface area contributed by atoms with Crippen molar-refractivity contribution in [1.82, 2.24) is 9.97 Å². The molecule has 1 aromatic rings. The number of aromatic nitrogens is 2. The minimum absolute atomic E-state index is 0.497. The van der Waals surface area contributed by atoms with E-state index in [4.69, 9.17) is 5.26 Å². The highest BCUT2D eigenvalue weighted by Crippen LogP contribution is 2.22. The molecule has 0 aromatic carbocycles. The van der Waals surface area contributed by atoms with E-state index >= 15 is 0 Å². The number of aryl methyl sites for hydroxylation is 1. The molecule has 19 heavy (non-hydrogen) atoms. The van der Waals surface area contributed by atoms with Gasteiger partial charge in [-0.1, -0.05) is 25.7 Å². The fraction of sp³-hybridized carbons (Fsp3) is 0.643. The van der Waals surface area contributed by atoms with Gasteiger partial charge in [-0.3, -0.25) is 4.90 Å². The molecule has 1 aliphatic rings. The van der Waals surface area contributed by atoms with Crippen LogP contribution in [-0.4, -0.2) is 23.1 Å². The maximum absolute atomic E-state index is 8.92. The standard InChI is InChI=1S/C14H21N5/c1-11-16-13(9-14(17-11)19(2)10-15)18-12-7-5-3-4-6-8-12/h9,12H,3-8H2,1-2H3,(H,16,17,18). The summed E-state index contributed by atoms with van der Waals surface area (Å²) in [6, 6.07) is 2.35. The van der Waals surface area contributed by atoms with Gasteiger partial charge in [0.25, 0.3) is 0 Å². The molecule has 1 aliphatic carbocycles. The first kappa shape index (κ1) is 13.6. The first-order valence-corrected chi connectivity index (χ1v) is 6.94. The second-order valence-corrected chi connectivity index (χ2v) is 5.15. The predicted molar refractivity (Wildman–Crippen MR) is 75.9 cm³/mol. The van der Waals surface area contributed by atoms with Gasteiger partial charge >= 0.3 is 0 Å². The Morgan fingerprint density at radius 1 is 1.26 bits per heavy atom. The Balaban J connectivity index is 2.11. The molecule has 1 N–H and O–H groups in total. The van der Waals surface area contributed by atoms with E-state index in [2.05, 4.69) is 21.5 Å². The molecule has 1 saturated carbocycles. The Morgan fingerprint density at radius 2 is 1.95 bits per heavy atom. The van der Waals surface area contributed by atoms with Crippen LogP contribution in [0.5, 0.6) is 0 Å². The van der Waals surface area contributed by atoms with E-state index in [1.54, 1.807) is 7.05 Å². The van der Waals surface area contributed by atoms with Gasteiger partial charge in [0.2, 0.25) is 0 Å². The van der Waals surface area contributed by atoms with Crippen molar-refractivity contribution in [3.8, 4) is 6.19 Å². The third-order valence-electron chi connectivity index (χ3n) is 3.53.